The van der Waals surface area contributed by atoms with Gasteiger partial charge in [-0.3, -0.25) is 14.3 Å². The fourth-order valence-electron chi connectivity index (χ4n) is 2.27. The van der Waals surface area contributed by atoms with Crippen LogP contribution in [0.2, 0.25) is 0 Å². The van der Waals surface area contributed by atoms with E-state index in [-0.39, 0.29) is 0 Å². The number of methoxy groups -OCH3 is 1. The maximum Gasteiger partial charge on any atom is 0.329 e. The molecule has 3 rings (SSSR count). The van der Waals surface area contributed by atoms with Crippen molar-refractivity contribution in [3.63, 3.8) is 0 Å². The Hall–Kier alpha value is -2.35. The minimum Gasteiger partial charge on any atom is -0.497 e. The van der Waals surface area contributed by atoms with E-state index < -0.39 is 11.2 Å². The molecule has 0 spiro atoms. The van der Waals surface area contributed by atoms with Crippen molar-refractivity contribution in [2.24, 2.45) is 7.05 Å². The predicted octanol–water partition coefficient (Wildman–Crippen LogP) is 1.24. The van der Waals surface area contributed by atoms with Crippen molar-refractivity contribution in [2.45, 2.75) is 6.54 Å². The first-order valence-electron chi connectivity index (χ1n) is 6.49. The summed E-state index contributed by atoms with van der Waals surface area (Å²) in [5.74, 6) is 0.763. The Bertz CT molecular complexity index is 953. The molecule has 3 aromatic rings. The van der Waals surface area contributed by atoms with Crippen LogP contribution >= 0.6 is 15.9 Å². The number of ether oxygens (including phenoxy) is 1. The fraction of sp³-hybridized carbons (Fsp3) is 0.214. The molecule has 7 nitrogen and oxygen atoms in total. The first-order valence-corrected chi connectivity index (χ1v) is 7.28. The molecule has 8 heteroatoms. The first kappa shape index (κ1) is 14.6. The Morgan fingerprint density at radius 1 is 1.27 bits per heavy atom. The van der Waals surface area contributed by atoms with E-state index in [2.05, 4.69) is 25.9 Å². The van der Waals surface area contributed by atoms with Gasteiger partial charge in [-0.15, -0.1) is 0 Å². The van der Waals surface area contributed by atoms with Gasteiger partial charge in [-0.05, 0) is 33.6 Å². The van der Waals surface area contributed by atoms with Crippen molar-refractivity contribution in [1.29, 1.82) is 0 Å². The largest absolute Gasteiger partial charge is 0.497 e. The van der Waals surface area contributed by atoms with Gasteiger partial charge in [0.2, 0.25) is 0 Å². The average Bonchev–Trinajstić information content (AvgIpc) is 2.83. The number of benzene rings is 1. The van der Waals surface area contributed by atoms with Crippen LogP contribution in [0, 0.1) is 0 Å². The highest BCUT2D eigenvalue weighted by Crippen LogP contribution is 2.19. The summed E-state index contributed by atoms with van der Waals surface area (Å²) in [6.07, 6.45) is 0. The van der Waals surface area contributed by atoms with E-state index in [0.717, 1.165) is 11.3 Å². The maximum atomic E-state index is 12.1. The van der Waals surface area contributed by atoms with Crippen LogP contribution in [0.15, 0.2) is 38.6 Å². The number of imidazole rings is 1. The van der Waals surface area contributed by atoms with Crippen LogP contribution in [0.5, 0.6) is 5.75 Å². The van der Waals surface area contributed by atoms with E-state index in [1.54, 1.807) is 18.7 Å². The summed E-state index contributed by atoms with van der Waals surface area (Å²) in [5.41, 5.74) is 0.733. The van der Waals surface area contributed by atoms with Gasteiger partial charge in [-0.2, -0.15) is 0 Å². The van der Waals surface area contributed by atoms with E-state index >= 15 is 0 Å². The molecule has 0 aliphatic heterocycles. The molecule has 0 saturated carbocycles. The molecular weight excluding hydrogens is 352 g/mol. The van der Waals surface area contributed by atoms with Crippen molar-refractivity contribution in [3.8, 4) is 5.75 Å². The molecule has 0 radical (unpaired) electrons. The van der Waals surface area contributed by atoms with Gasteiger partial charge in [-0.25, -0.2) is 9.78 Å². The lowest BCUT2D eigenvalue weighted by atomic mass is 10.2. The number of nitrogens with zero attached hydrogens (tertiary/aromatic N) is 3. The Morgan fingerprint density at radius 2 is 1.95 bits per heavy atom. The Kier molecular flexibility index (Phi) is 3.61. The number of aromatic amines is 1. The molecule has 0 atom stereocenters. The zero-order valence-corrected chi connectivity index (χ0v) is 13.5. The zero-order chi connectivity index (χ0) is 15.9. The maximum absolute atomic E-state index is 12.1. The van der Waals surface area contributed by atoms with E-state index in [9.17, 15) is 9.59 Å². The van der Waals surface area contributed by atoms with Crippen LogP contribution in [-0.2, 0) is 13.6 Å². The van der Waals surface area contributed by atoms with Crippen LogP contribution in [0.1, 0.15) is 5.56 Å². The quantitative estimate of drug-likeness (QED) is 0.709. The van der Waals surface area contributed by atoms with Crippen molar-refractivity contribution >= 4 is 27.1 Å². The second kappa shape index (κ2) is 5.45. The minimum absolute atomic E-state index is 0.342. The summed E-state index contributed by atoms with van der Waals surface area (Å²) in [6.45, 7) is 0.447. The summed E-state index contributed by atoms with van der Waals surface area (Å²) in [4.78, 5) is 30.3. The molecule has 2 heterocycles. The van der Waals surface area contributed by atoms with Gasteiger partial charge in [0.15, 0.2) is 15.9 Å². The Morgan fingerprint density at radius 3 is 2.59 bits per heavy atom. The number of rotatable bonds is 3. The number of nitrogens with one attached hydrogen (secondary N) is 1. The monoisotopic (exact) mass is 364 g/mol. The topological polar surface area (TPSA) is 81.9 Å². The van der Waals surface area contributed by atoms with E-state index in [4.69, 9.17) is 4.74 Å². The van der Waals surface area contributed by atoms with Gasteiger partial charge in [0.1, 0.15) is 5.75 Å². The second-order valence-corrected chi connectivity index (χ2v) is 5.51. The van der Waals surface area contributed by atoms with Crippen molar-refractivity contribution < 1.29 is 4.74 Å². The fourth-order valence-corrected chi connectivity index (χ4v) is 2.74. The van der Waals surface area contributed by atoms with Gasteiger partial charge < -0.3 is 9.30 Å². The molecule has 1 N–H and O–H groups in total. The summed E-state index contributed by atoms with van der Waals surface area (Å²) in [7, 11) is 3.17. The third-order valence-electron chi connectivity index (χ3n) is 3.46. The molecule has 0 amide bonds. The summed E-state index contributed by atoms with van der Waals surface area (Å²) < 4.78 is 8.64. The molecule has 2 aromatic heterocycles. The normalized spacial score (nSPS) is 11.0. The van der Waals surface area contributed by atoms with Crippen molar-refractivity contribution in [1.82, 2.24) is 19.1 Å². The first-order chi connectivity index (χ1) is 10.5. The molecule has 114 valence electrons. The molecule has 0 bridgehead atoms. The lowest BCUT2D eigenvalue weighted by molar-refractivity contribution is 0.414. The smallest absolute Gasteiger partial charge is 0.329 e. The number of H-pyrrole nitrogens is 1. The third kappa shape index (κ3) is 2.35. The molecule has 0 saturated heterocycles. The van der Waals surface area contributed by atoms with E-state index in [1.807, 2.05) is 24.3 Å². The molecule has 0 aliphatic rings. The second-order valence-electron chi connectivity index (χ2n) is 4.81. The lowest BCUT2D eigenvalue weighted by Crippen LogP contribution is -2.29. The van der Waals surface area contributed by atoms with Crippen LogP contribution in [0.25, 0.3) is 11.2 Å². The molecule has 0 fully saturated rings. The highest BCUT2D eigenvalue weighted by molar-refractivity contribution is 9.10. The predicted molar refractivity (Wildman–Crippen MR) is 85.4 cm³/mol. The number of fused-ring (bicyclic) bond motifs is 1. The number of halogens is 1. The number of aryl methyl sites for hydroxylation is 1. The standard InChI is InChI=1S/C14H13BrN4O3/c1-18-11-10(12(20)17-14(18)21)19(13(15)16-11)7-8-3-5-9(22-2)6-4-8/h3-6H,7H2,1-2H3,(H,17,20,21). The molecule has 0 unspecified atom stereocenters. The number of hydrogen-bond acceptors (Lipinski definition) is 4. The Labute approximate surface area is 133 Å². The zero-order valence-electron chi connectivity index (χ0n) is 12.0. The summed E-state index contributed by atoms with van der Waals surface area (Å²) in [5, 5.41) is 0. The Balaban J connectivity index is 2.14. The average molecular weight is 365 g/mol. The van der Waals surface area contributed by atoms with Gasteiger partial charge in [-0.1, -0.05) is 12.1 Å². The van der Waals surface area contributed by atoms with E-state index in [0.29, 0.717) is 22.4 Å². The highest BCUT2D eigenvalue weighted by Gasteiger charge is 2.15. The number of aromatic nitrogens is 4. The molecule has 22 heavy (non-hydrogen) atoms. The minimum atomic E-state index is -0.487. The van der Waals surface area contributed by atoms with Crippen LogP contribution < -0.4 is 16.0 Å². The molecule has 1 aromatic carbocycles. The molecular formula is C14H13BrN4O3. The van der Waals surface area contributed by atoms with E-state index in [1.165, 1.54) is 4.57 Å². The van der Waals surface area contributed by atoms with Crippen LogP contribution in [0.3, 0.4) is 0 Å². The SMILES string of the molecule is COc1ccc(Cn2c(Br)nc3c2c(=O)[nH]c(=O)n3C)cc1. The summed E-state index contributed by atoms with van der Waals surface area (Å²) >= 11 is 3.35. The van der Waals surface area contributed by atoms with Gasteiger partial charge in [0.25, 0.3) is 5.56 Å². The van der Waals surface area contributed by atoms with Gasteiger partial charge in [0, 0.05) is 7.05 Å². The van der Waals surface area contributed by atoms with Crippen LogP contribution in [-0.4, -0.2) is 26.2 Å². The highest BCUT2D eigenvalue weighted by atomic mass is 79.9. The third-order valence-corrected chi connectivity index (χ3v) is 4.07. The molecule has 0 aliphatic carbocycles. The van der Waals surface area contributed by atoms with Crippen molar-refractivity contribution in [2.75, 3.05) is 7.11 Å². The van der Waals surface area contributed by atoms with Crippen LogP contribution in [0.4, 0.5) is 0 Å². The summed E-state index contributed by atoms with van der Waals surface area (Å²) in [6, 6.07) is 7.52. The van der Waals surface area contributed by atoms with Gasteiger partial charge >= 0.3 is 5.69 Å². The van der Waals surface area contributed by atoms with Gasteiger partial charge in [0.05, 0.1) is 13.7 Å². The number of hydrogen-bond donors (Lipinski definition) is 1. The lowest BCUT2D eigenvalue weighted by Gasteiger charge is -2.07. The van der Waals surface area contributed by atoms with Crippen molar-refractivity contribution in [3.05, 3.63) is 55.4 Å².